The Morgan fingerprint density at radius 1 is 1.61 bits per heavy atom. The Morgan fingerprint density at radius 3 is 2.94 bits per heavy atom. The lowest BCUT2D eigenvalue weighted by molar-refractivity contribution is 0.128. The zero-order chi connectivity index (χ0) is 13.3. The summed E-state index contributed by atoms with van der Waals surface area (Å²) in [7, 11) is 1.34. The van der Waals surface area contributed by atoms with Gasteiger partial charge in [-0.1, -0.05) is 18.7 Å². The van der Waals surface area contributed by atoms with Gasteiger partial charge in [-0.2, -0.15) is 0 Å². The number of benzene rings is 1. The molecule has 2 rings (SSSR count). The molecule has 1 aromatic rings. The molecule has 1 aliphatic rings. The molecule has 2 unspecified atom stereocenters. The lowest BCUT2D eigenvalue weighted by Crippen LogP contribution is -2.49. The Morgan fingerprint density at radius 2 is 2.33 bits per heavy atom. The topological polar surface area (TPSA) is 49.8 Å². The zero-order valence-electron chi connectivity index (χ0n) is 10.6. The standard InChI is InChI=1S/C14H17NO3/c1-4-10-5-6-12-11(7-10)8-13(16)9(2)15(12)14(17)18-3/h4-7,9,13,16H,1,8H2,2-3H3. The van der Waals surface area contributed by atoms with Gasteiger partial charge in [-0.15, -0.1) is 0 Å². The highest BCUT2D eigenvalue weighted by atomic mass is 16.5. The molecule has 0 fully saturated rings. The molecule has 0 bridgehead atoms. The van der Waals surface area contributed by atoms with E-state index in [1.807, 2.05) is 25.1 Å². The second kappa shape index (κ2) is 4.82. The minimum absolute atomic E-state index is 0.292. The number of aliphatic hydroxyl groups is 1. The van der Waals surface area contributed by atoms with Crippen LogP contribution < -0.4 is 4.90 Å². The highest BCUT2D eigenvalue weighted by Gasteiger charge is 2.34. The first-order valence-corrected chi connectivity index (χ1v) is 5.89. The van der Waals surface area contributed by atoms with E-state index in [-0.39, 0.29) is 6.04 Å². The van der Waals surface area contributed by atoms with Crippen molar-refractivity contribution in [3.8, 4) is 0 Å². The maximum Gasteiger partial charge on any atom is 0.414 e. The minimum atomic E-state index is -0.586. The van der Waals surface area contributed by atoms with Gasteiger partial charge in [-0.3, -0.25) is 4.90 Å². The molecule has 1 heterocycles. The van der Waals surface area contributed by atoms with Crippen molar-refractivity contribution in [1.82, 2.24) is 0 Å². The third-order valence-electron chi connectivity index (χ3n) is 3.36. The number of amides is 1. The van der Waals surface area contributed by atoms with Crippen molar-refractivity contribution in [2.24, 2.45) is 0 Å². The average molecular weight is 247 g/mol. The third-order valence-corrected chi connectivity index (χ3v) is 3.36. The summed E-state index contributed by atoms with van der Waals surface area (Å²) in [6.07, 6.45) is 1.24. The number of hydrogen-bond acceptors (Lipinski definition) is 3. The Kier molecular flexibility index (Phi) is 3.39. The smallest absolute Gasteiger partial charge is 0.414 e. The largest absolute Gasteiger partial charge is 0.452 e. The molecule has 0 spiro atoms. The van der Waals surface area contributed by atoms with Gasteiger partial charge in [0.25, 0.3) is 0 Å². The Bertz CT molecular complexity index is 484. The number of anilines is 1. The van der Waals surface area contributed by atoms with Gasteiger partial charge < -0.3 is 9.84 Å². The van der Waals surface area contributed by atoms with Crippen LogP contribution in [0.3, 0.4) is 0 Å². The lowest BCUT2D eigenvalue weighted by atomic mass is 9.93. The fourth-order valence-electron chi connectivity index (χ4n) is 2.28. The predicted molar refractivity (Wildman–Crippen MR) is 70.6 cm³/mol. The number of ether oxygens (including phenoxy) is 1. The van der Waals surface area contributed by atoms with Gasteiger partial charge in [0, 0.05) is 6.42 Å². The quantitative estimate of drug-likeness (QED) is 0.827. The van der Waals surface area contributed by atoms with Crippen LogP contribution in [0.5, 0.6) is 0 Å². The van der Waals surface area contributed by atoms with E-state index in [2.05, 4.69) is 6.58 Å². The van der Waals surface area contributed by atoms with Crippen LogP contribution in [-0.4, -0.2) is 30.5 Å². The lowest BCUT2D eigenvalue weighted by Gasteiger charge is -2.37. The fourth-order valence-corrected chi connectivity index (χ4v) is 2.28. The van der Waals surface area contributed by atoms with E-state index in [1.54, 1.807) is 6.08 Å². The first-order valence-electron chi connectivity index (χ1n) is 5.89. The number of rotatable bonds is 1. The molecule has 1 N–H and O–H groups in total. The summed E-state index contributed by atoms with van der Waals surface area (Å²) in [6.45, 7) is 5.53. The molecule has 1 amide bonds. The third kappa shape index (κ3) is 1.99. The molecule has 1 aliphatic heterocycles. The normalized spacial score (nSPS) is 22.3. The maximum atomic E-state index is 11.8. The number of fused-ring (bicyclic) bond motifs is 1. The Balaban J connectivity index is 2.50. The molecule has 96 valence electrons. The molecule has 4 heteroatoms. The molecule has 0 aromatic heterocycles. The molecule has 2 atom stereocenters. The monoisotopic (exact) mass is 247 g/mol. The van der Waals surface area contributed by atoms with Crippen molar-refractivity contribution in [3.63, 3.8) is 0 Å². The first kappa shape index (κ1) is 12.6. The summed E-state index contributed by atoms with van der Waals surface area (Å²) in [5, 5.41) is 10.0. The number of aliphatic hydroxyl groups excluding tert-OH is 1. The number of carbonyl (C=O) groups excluding carboxylic acids is 1. The van der Waals surface area contributed by atoms with E-state index in [0.717, 1.165) is 16.8 Å². The highest BCUT2D eigenvalue weighted by molar-refractivity contribution is 5.90. The minimum Gasteiger partial charge on any atom is -0.452 e. The van der Waals surface area contributed by atoms with Gasteiger partial charge in [0.1, 0.15) is 0 Å². The number of carbonyl (C=O) groups is 1. The van der Waals surface area contributed by atoms with Gasteiger partial charge in [0.2, 0.25) is 0 Å². The summed E-state index contributed by atoms with van der Waals surface area (Å²) >= 11 is 0. The van der Waals surface area contributed by atoms with Crippen molar-refractivity contribution < 1.29 is 14.6 Å². The van der Waals surface area contributed by atoms with Crippen LogP contribution >= 0.6 is 0 Å². The first-order chi connectivity index (χ1) is 8.58. The molecule has 4 nitrogen and oxygen atoms in total. The van der Waals surface area contributed by atoms with Crippen LogP contribution in [0, 0.1) is 0 Å². The van der Waals surface area contributed by atoms with Crippen LogP contribution in [0.2, 0.25) is 0 Å². The van der Waals surface area contributed by atoms with Crippen molar-refractivity contribution in [3.05, 3.63) is 35.9 Å². The number of hydrogen-bond donors (Lipinski definition) is 1. The highest BCUT2D eigenvalue weighted by Crippen LogP contribution is 2.32. The second-order valence-electron chi connectivity index (χ2n) is 4.44. The molecular formula is C14H17NO3. The maximum absolute atomic E-state index is 11.8. The Hall–Kier alpha value is -1.81. The SMILES string of the molecule is C=Cc1ccc2c(c1)CC(O)C(C)N2C(=O)OC. The molecule has 0 aliphatic carbocycles. The van der Waals surface area contributed by atoms with Gasteiger partial charge in [0.15, 0.2) is 0 Å². The van der Waals surface area contributed by atoms with Crippen LogP contribution in [0.15, 0.2) is 24.8 Å². The van der Waals surface area contributed by atoms with Gasteiger partial charge in [-0.25, -0.2) is 4.79 Å². The van der Waals surface area contributed by atoms with Crippen LogP contribution in [0.1, 0.15) is 18.1 Å². The molecule has 0 saturated heterocycles. The molecule has 1 aromatic carbocycles. The molecule has 0 radical (unpaired) electrons. The van der Waals surface area contributed by atoms with Crippen molar-refractivity contribution in [2.75, 3.05) is 12.0 Å². The number of nitrogens with zero attached hydrogens (tertiary/aromatic N) is 1. The molecule has 18 heavy (non-hydrogen) atoms. The van der Waals surface area contributed by atoms with E-state index >= 15 is 0 Å². The van der Waals surface area contributed by atoms with Gasteiger partial charge in [-0.05, 0) is 30.2 Å². The van der Waals surface area contributed by atoms with Gasteiger partial charge in [0.05, 0.1) is 24.9 Å². The van der Waals surface area contributed by atoms with Crippen molar-refractivity contribution in [2.45, 2.75) is 25.5 Å². The summed E-state index contributed by atoms with van der Waals surface area (Å²) in [5.74, 6) is 0. The van der Waals surface area contributed by atoms with Crippen LogP contribution in [0.25, 0.3) is 6.08 Å². The van der Waals surface area contributed by atoms with Crippen molar-refractivity contribution in [1.29, 1.82) is 0 Å². The number of methoxy groups -OCH3 is 1. The second-order valence-corrected chi connectivity index (χ2v) is 4.44. The summed E-state index contributed by atoms with van der Waals surface area (Å²) in [6, 6.07) is 5.41. The summed E-state index contributed by atoms with van der Waals surface area (Å²) < 4.78 is 4.78. The zero-order valence-corrected chi connectivity index (χ0v) is 10.6. The molecule has 0 saturated carbocycles. The predicted octanol–water partition coefficient (Wildman–Crippen LogP) is 2.21. The van der Waals surface area contributed by atoms with Gasteiger partial charge >= 0.3 is 6.09 Å². The van der Waals surface area contributed by atoms with E-state index < -0.39 is 12.2 Å². The summed E-state index contributed by atoms with van der Waals surface area (Å²) in [5.41, 5.74) is 2.70. The van der Waals surface area contributed by atoms with E-state index in [0.29, 0.717) is 6.42 Å². The van der Waals surface area contributed by atoms with Crippen molar-refractivity contribution >= 4 is 17.9 Å². The van der Waals surface area contributed by atoms with Crippen LogP contribution in [0.4, 0.5) is 10.5 Å². The Labute approximate surface area is 106 Å². The van der Waals surface area contributed by atoms with E-state index in [4.69, 9.17) is 4.74 Å². The molecular weight excluding hydrogens is 230 g/mol. The van der Waals surface area contributed by atoms with E-state index in [9.17, 15) is 9.90 Å². The fraction of sp³-hybridized carbons (Fsp3) is 0.357. The average Bonchev–Trinajstić information content (AvgIpc) is 2.39. The van der Waals surface area contributed by atoms with Crippen LogP contribution in [-0.2, 0) is 11.2 Å². The van der Waals surface area contributed by atoms with E-state index in [1.165, 1.54) is 12.0 Å². The summed E-state index contributed by atoms with van der Waals surface area (Å²) in [4.78, 5) is 13.3.